The Labute approximate surface area is 160 Å². The average Bonchev–Trinajstić information content (AvgIpc) is 2.73. The number of amides is 1. The van der Waals surface area contributed by atoms with Gasteiger partial charge in [-0.25, -0.2) is 0 Å². The number of rotatable bonds is 6. The zero-order valence-corrected chi connectivity index (χ0v) is 15.8. The summed E-state index contributed by atoms with van der Waals surface area (Å²) < 4.78 is 16.7. The molecule has 2 aromatic rings. The number of methoxy groups -OCH3 is 1. The van der Waals surface area contributed by atoms with E-state index in [1.54, 1.807) is 19.3 Å². The fourth-order valence-corrected chi connectivity index (χ4v) is 3.05. The molecule has 2 aromatic carbocycles. The average molecular weight is 367 g/mol. The van der Waals surface area contributed by atoms with Gasteiger partial charge in [0.1, 0.15) is 6.10 Å². The lowest BCUT2D eigenvalue weighted by atomic mass is 10.1. The molecule has 1 saturated heterocycles. The highest BCUT2D eigenvalue weighted by Gasteiger charge is 2.24. The van der Waals surface area contributed by atoms with Crippen LogP contribution < -0.4 is 9.47 Å². The van der Waals surface area contributed by atoms with E-state index < -0.39 is 0 Å². The van der Waals surface area contributed by atoms with Gasteiger partial charge in [-0.15, -0.1) is 0 Å². The van der Waals surface area contributed by atoms with Gasteiger partial charge in [-0.1, -0.05) is 36.4 Å². The fourth-order valence-electron chi connectivity index (χ4n) is 3.05. The molecular formula is C22H25NO4. The minimum Gasteiger partial charge on any atom is -0.493 e. The first-order valence-electron chi connectivity index (χ1n) is 9.15. The number of ether oxygens (including phenoxy) is 3. The molecule has 0 saturated carbocycles. The minimum atomic E-state index is -0.0807. The van der Waals surface area contributed by atoms with Gasteiger partial charge in [0, 0.05) is 12.6 Å². The number of hydrogen-bond donors (Lipinski definition) is 0. The predicted octanol–water partition coefficient (Wildman–Crippen LogP) is 3.71. The second kappa shape index (κ2) is 9.24. The molecule has 1 fully saturated rings. The van der Waals surface area contributed by atoms with Crippen LogP contribution in [0.2, 0.25) is 0 Å². The first-order chi connectivity index (χ1) is 13.2. The van der Waals surface area contributed by atoms with E-state index in [9.17, 15) is 4.79 Å². The molecule has 1 heterocycles. The Hall–Kier alpha value is -2.79. The third kappa shape index (κ3) is 4.89. The molecule has 142 valence electrons. The Balaban J connectivity index is 1.66. The van der Waals surface area contributed by atoms with Gasteiger partial charge in [-0.2, -0.15) is 0 Å². The van der Waals surface area contributed by atoms with Crippen molar-refractivity contribution < 1.29 is 19.0 Å². The van der Waals surface area contributed by atoms with Crippen LogP contribution >= 0.6 is 0 Å². The molecular weight excluding hydrogens is 342 g/mol. The summed E-state index contributed by atoms with van der Waals surface area (Å²) in [6, 6.07) is 15.6. The van der Waals surface area contributed by atoms with Gasteiger partial charge < -0.3 is 19.1 Å². The summed E-state index contributed by atoms with van der Waals surface area (Å²) in [4.78, 5) is 14.4. The highest BCUT2D eigenvalue weighted by atomic mass is 16.5. The molecule has 27 heavy (non-hydrogen) atoms. The molecule has 5 nitrogen and oxygen atoms in total. The molecule has 1 aliphatic heterocycles. The lowest BCUT2D eigenvalue weighted by molar-refractivity contribution is -0.133. The molecule has 3 rings (SSSR count). The van der Waals surface area contributed by atoms with Crippen LogP contribution in [0.25, 0.3) is 6.08 Å². The smallest absolute Gasteiger partial charge is 0.246 e. The predicted molar refractivity (Wildman–Crippen MR) is 105 cm³/mol. The van der Waals surface area contributed by atoms with Gasteiger partial charge in [0.25, 0.3) is 0 Å². The monoisotopic (exact) mass is 367 g/mol. The second-order valence-electron chi connectivity index (χ2n) is 6.23. The number of nitrogens with zero attached hydrogens (tertiary/aromatic N) is 1. The number of hydrogen-bond acceptors (Lipinski definition) is 4. The van der Waals surface area contributed by atoms with Gasteiger partial charge in [0.15, 0.2) is 11.5 Å². The molecule has 1 amide bonds. The van der Waals surface area contributed by atoms with Crippen LogP contribution in [0, 0.1) is 0 Å². The van der Waals surface area contributed by atoms with Gasteiger partial charge in [0.2, 0.25) is 5.91 Å². The minimum absolute atomic E-state index is 0.0212. The molecule has 0 aromatic heterocycles. The summed E-state index contributed by atoms with van der Waals surface area (Å²) >= 11 is 0. The van der Waals surface area contributed by atoms with E-state index in [0.717, 1.165) is 11.1 Å². The van der Waals surface area contributed by atoms with E-state index >= 15 is 0 Å². The Morgan fingerprint density at radius 1 is 1.22 bits per heavy atom. The zero-order chi connectivity index (χ0) is 19.1. The van der Waals surface area contributed by atoms with Gasteiger partial charge >= 0.3 is 0 Å². The highest BCUT2D eigenvalue weighted by Crippen LogP contribution is 2.28. The van der Waals surface area contributed by atoms with Crippen molar-refractivity contribution in [1.29, 1.82) is 0 Å². The van der Waals surface area contributed by atoms with Gasteiger partial charge in [0.05, 0.1) is 26.9 Å². The summed E-state index contributed by atoms with van der Waals surface area (Å²) in [7, 11) is 1.61. The number of morpholine rings is 1. The van der Waals surface area contributed by atoms with E-state index in [2.05, 4.69) is 0 Å². The first-order valence-corrected chi connectivity index (χ1v) is 9.15. The molecule has 0 aliphatic carbocycles. The molecule has 1 unspecified atom stereocenters. The maximum absolute atomic E-state index is 12.6. The maximum atomic E-state index is 12.6. The number of benzene rings is 2. The van der Waals surface area contributed by atoms with Crippen molar-refractivity contribution in [1.82, 2.24) is 4.90 Å². The van der Waals surface area contributed by atoms with Crippen molar-refractivity contribution in [2.24, 2.45) is 0 Å². The number of carbonyl (C=O) groups is 1. The van der Waals surface area contributed by atoms with Crippen molar-refractivity contribution in [2.45, 2.75) is 13.0 Å². The molecule has 5 heteroatoms. The Morgan fingerprint density at radius 3 is 2.78 bits per heavy atom. The van der Waals surface area contributed by atoms with E-state index in [1.807, 2.05) is 60.4 Å². The standard InChI is InChI=1S/C22H25NO4/c1-3-26-19-11-9-17(15-20(19)25-2)10-12-22(24)23-13-14-27-21(16-23)18-7-5-4-6-8-18/h4-12,15,21H,3,13-14,16H2,1-2H3/b12-10+. The molecule has 1 aliphatic rings. The van der Waals surface area contributed by atoms with Crippen LogP contribution in [-0.4, -0.2) is 44.2 Å². The summed E-state index contributed by atoms with van der Waals surface area (Å²) in [5.41, 5.74) is 1.98. The quantitative estimate of drug-likeness (QED) is 0.731. The van der Waals surface area contributed by atoms with Crippen LogP contribution in [0.3, 0.4) is 0 Å². The fraction of sp³-hybridized carbons (Fsp3) is 0.318. The van der Waals surface area contributed by atoms with Crippen LogP contribution in [0.4, 0.5) is 0 Å². The van der Waals surface area contributed by atoms with Crippen molar-refractivity contribution in [3.8, 4) is 11.5 Å². The van der Waals surface area contributed by atoms with Crippen molar-refractivity contribution >= 4 is 12.0 Å². The largest absolute Gasteiger partial charge is 0.493 e. The molecule has 0 spiro atoms. The van der Waals surface area contributed by atoms with Crippen molar-refractivity contribution in [2.75, 3.05) is 33.4 Å². The normalized spacial score (nSPS) is 17.1. The lowest BCUT2D eigenvalue weighted by Gasteiger charge is -2.32. The van der Waals surface area contributed by atoms with E-state index in [4.69, 9.17) is 14.2 Å². The number of carbonyl (C=O) groups excluding carboxylic acids is 1. The topological polar surface area (TPSA) is 48.0 Å². The Kier molecular flexibility index (Phi) is 6.49. The third-order valence-corrected chi connectivity index (χ3v) is 4.46. The first kappa shape index (κ1) is 19.0. The van der Waals surface area contributed by atoms with Gasteiger partial charge in [-0.3, -0.25) is 4.79 Å². The summed E-state index contributed by atoms with van der Waals surface area (Å²) in [5, 5.41) is 0. The van der Waals surface area contributed by atoms with E-state index in [0.29, 0.717) is 37.8 Å². The van der Waals surface area contributed by atoms with Crippen LogP contribution in [0.1, 0.15) is 24.2 Å². The highest BCUT2D eigenvalue weighted by molar-refractivity contribution is 5.92. The van der Waals surface area contributed by atoms with E-state index in [1.165, 1.54) is 0 Å². The SMILES string of the molecule is CCOc1ccc(/C=C/C(=O)N2CCOC(c3ccccc3)C2)cc1OC. The van der Waals surface area contributed by atoms with Crippen LogP contribution in [0.15, 0.2) is 54.6 Å². The Morgan fingerprint density at radius 2 is 2.04 bits per heavy atom. The van der Waals surface area contributed by atoms with Crippen LogP contribution in [0.5, 0.6) is 11.5 Å². The van der Waals surface area contributed by atoms with E-state index in [-0.39, 0.29) is 12.0 Å². The van der Waals surface area contributed by atoms with Crippen molar-refractivity contribution in [3.63, 3.8) is 0 Å². The molecule has 0 radical (unpaired) electrons. The Bertz CT molecular complexity index is 788. The summed E-state index contributed by atoms with van der Waals surface area (Å²) in [5.74, 6) is 1.33. The van der Waals surface area contributed by atoms with Crippen molar-refractivity contribution in [3.05, 3.63) is 65.7 Å². The lowest BCUT2D eigenvalue weighted by Crippen LogP contribution is -2.41. The second-order valence-corrected chi connectivity index (χ2v) is 6.23. The summed E-state index contributed by atoms with van der Waals surface area (Å²) in [6.07, 6.45) is 3.32. The summed E-state index contributed by atoms with van der Waals surface area (Å²) in [6.45, 7) is 4.19. The molecule has 1 atom stereocenters. The zero-order valence-electron chi connectivity index (χ0n) is 15.8. The maximum Gasteiger partial charge on any atom is 0.246 e. The van der Waals surface area contributed by atoms with Gasteiger partial charge in [-0.05, 0) is 36.3 Å². The van der Waals surface area contributed by atoms with Crippen LogP contribution in [-0.2, 0) is 9.53 Å². The molecule has 0 N–H and O–H groups in total. The molecule has 0 bridgehead atoms. The third-order valence-electron chi connectivity index (χ3n) is 4.46.